The predicted molar refractivity (Wildman–Crippen MR) is 99.6 cm³/mol. The molecule has 0 unspecified atom stereocenters. The molecule has 0 atom stereocenters. The summed E-state index contributed by atoms with van der Waals surface area (Å²) in [6, 6.07) is 8.40. The molecular formula is C18H21FN4O2S. The Kier molecular flexibility index (Phi) is 5.97. The number of thiophene rings is 1. The molecule has 8 heteroatoms. The monoisotopic (exact) mass is 376 g/mol. The number of amides is 2. The third-order valence-electron chi connectivity index (χ3n) is 4.37. The summed E-state index contributed by atoms with van der Waals surface area (Å²) in [6.07, 6.45) is 0. The van der Waals surface area contributed by atoms with Gasteiger partial charge in [-0.15, -0.1) is 11.3 Å². The molecule has 1 aliphatic rings. The standard InChI is InChI=1S/C18H21FN4O2S/c19-15-4-2-1-3-13(15)11-22-6-8-23(9-7-22)12-16(24)21-18-14(17(20)25)5-10-26-18/h1-5,10H,6-9,11-12H2,(H2,20,25)(H,21,24). The van der Waals surface area contributed by atoms with Gasteiger partial charge in [-0.1, -0.05) is 18.2 Å². The van der Waals surface area contributed by atoms with Crippen molar-refractivity contribution >= 4 is 28.2 Å². The third-order valence-corrected chi connectivity index (χ3v) is 5.20. The van der Waals surface area contributed by atoms with Crippen LogP contribution in [0.25, 0.3) is 0 Å². The zero-order valence-corrected chi connectivity index (χ0v) is 15.1. The fraction of sp³-hybridized carbons (Fsp3) is 0.333. The summed E-state index contributed by atoms with van der Waals surface area (Å²) in [5.74, 6) is -0.906. The number of hydrogen-bond donors (Lipinski definition) is 2. The Hall–Kier alpha value is -2.29. The summed E-state index contributed by atoms with van der Waals surface area (Å²) in [5, 5.41) is 4.96. The molecule has 2 amide bonds. The number of piperazine rings is 1. The number of nitrogens with two attached hydrogens (primary N) is 1. The van der Waals surface area contributed by atoms with Gasteiger partial charge in [0.25, 0.3) is 5.91 Å². The fourth-order valence-corrected chi connectivity index (χ4v) is 3.75. The SMILES string of the molecule is NC(=O)c1ccsc1NC(=O)CN1CCN(Cc2ccccc2F)CC1. The van der Waals surface area contributed by atoms with Crippen molar-refractivity contribution in [3.8, 4) is 0 Å². The first kappa shape index (κ1) is 18.5. The van der Waals surface area contributed by atoms with Crippen LogP contribution in [-0.4, -0.2) is 54.3 Å². The van der Waals surface area contributed by atoms with E-state index in [0.29, 0.717) is 22.7 Å². The maximum Gasteiger partial charge on any atom is 0.251 e. The van der Waals surface area contributed by atoms with Gasteiger partial charge in [0.05, 0.1) is 12.1 Å². The maximum atomic E-state index is 13.7. The van der Waals surface area contributed by atoms with Gasteiger partial charge in [-0.3, -0.25) is 19.4 Å². The average Bonchev–Trinajstić information content (AvgIpc) is 3.07. The first-order valence-corrected chi connectivity index (χ1v) is 9.26. The molecule has 2 aromatic rings. The van der Waals surface area contributed by atoms with Crippen LogP contribution in [0.3, 0.4) is 0 Å². The van der Waals surface area contributed by atoms with Crippen molar-refractivity contribution in [3.05, 3.63) is 52.7 Å². The Bertz CT molecular complexity index is 787. The maximum absolute atomic E-state index is 13.7. The highest BCUT2D eigenvalue weighted by molar-refractivity contribution is 7.14. The lowest BCUT2D eigenvalue weighted by Gasteiger charge is -2.34. The minimum Gasteiger partial charge on any atom is -0.366 e. The molecule has 3 N–H and O–H groups in total. The lowest BCUT2D eigenvalue weighted by molar-refractivity contribution is -0.117. The van der Waals surface area contributed by atoms with Crippen LogP contribution in [0.4, 0.5) is 9.39 Å². The molecule has 0 spiro atoms. The second-order valence-corrected chi connectivity index (χ2v) is 7.14. The number of nitrogens with zero attached hydrogens (tertiary/aromatic N) is 2. The first-order valence-electron chi connectivity index (χ1n) is 8.38. The number of carbonyl (C=O) groups excluding carboxylic acids is 2. The summed E-state index contributed by atoms with van der Waals surface area (Å²) in [7, 11) is 0. The van der Waals surface area contributed by atoms with Crippen LogP contribution in [0.5, 0.6) is 0 Å². The largest absolute Gasteiger partial charge is 0.366 e. The van der Waals surface area contributed by atoms with E-state index in [1.54, 1.807) is 23.6 Å². The zero-order valence-electron chi connectivity index (χ0n) is 14.3. The highest BCUT2D eigenvalue weighted by Crippen LogP contribution is 2.22. The number of anilines is 1. The second kappa shape index (κ2) is 8.39. The molecule has 0 saturated carbocycles. The van der Waals surface area contributed by atoms with Crippen molar-refractivity contribution < 1.29 is 14.0 Å². The molecule has 1 fully saturated rings. The van der Waals surface area contributed by atoms with Gasteiger partial charge in [0.1, 0.15) is 10.8 Å². The second-order valence-electron chi connectivity index (χ2n) is 6.22. The Morgan fingerprint density at radius 1 is 1.12 bits per heavy atom. The van der Waals surface area contributed by atoms with Crippen molar-refractivity contribution in [2.24, 2.45) is 5.73 Å². The zero-order chi connectivity index (χ0) is 18.5. The Labute approximate surface area is 155 Å². The van der Waals surface area contributed by atoms with E-state index in [2.05, 4.69) is 10.2 Å². The van der Waals surface area contributed by atoms with Crippen LogP contribution >= 0.6 is 11.3 Å². The quantitative estimate of drug-likeness (QED) is 0.805. The van der Waals surface area contributed by atoms with Crippen molar-refractivity contribution in [2.75, 3.05) is 38.0 Å². The van der Waals surface area contributed by atoms with Crippen LogP contribution in [0.2, 0.25) is 0 Å². The van der Waals surface area contributed by atoms with Gasteiger partial charge >= 0.3 is 0 Å². The molecule has 1 saturated heterocycles. The number of nitrogens with one attached hydrogen (secondary N) is 1. The number of rotatable bonds is 6. The van der Waals surface area contributed by atoms with Crippen LogP contribution in [-0.2, 0) is 11.3 Å². The lowest BCUT2D eigenvalue weighted by Crippen LogP contribution is -2.48. The molecule has 1 aromatic carbocycles. The van der Waals surface area contributed by atoms with Gasteiger partial charge in [0, 0.05) is 38.3 Å². The normalized spacial score (nSPS) is 15.7. The minimum atomic E-state index is -0.552. The molecule has 0 bridgehead atoms. The van der Waals surface area contributed by atoms with E-state index in [1.807, 2.05) is 11.0 Å². The number of benzene rings is 1. The van der Waals surface area contributed by atoms with Gasteiger partial charge < -0.3 is 11.1 Å². The summed E-state index contributed by atoms with van der Waals surface area (Å²) >= 11 is 1.28. The molecule has 0 aliphatic carbocycles. The van der Waals surface area contributed by atoms with Crippen LogP contribution < -0.4 is 11.1 Å². The molecule has 138 valence electrons. The highest BCUT2D eigenvalue weighted by Gasteiger charge is 2.20. The van der Waals surface area contributed by atoms with Crippen molar-refractivity contribution in [3.63, 3.8) is 0 Å². The predicted octanol–water partition coefficient (Wildman–Crippen LogP) is 1.74. The molecule has 2 heterocycles. The number of carbonyl (C=O) groups is 2. The van der Waals surface area contributed by atoms with Gasteiger partial charge in [-0.25, -0.2) is 4.39 Å². The van der Waals surface area contributed by atoms with Gasteiger partial charge in [-0.05, 0) is 17.5 Å². The van der Waals surface area contributed by atoms with Crippen molar-refractivity contribution in [1.29, 1.82) is 0 Å². The van der Waals surface area contributed by atoms with Crippen molar-refractivity contribution in [1.82, 2.24) is 9.80 Å². The topological polar surface area (TPSA) is 78.7 Å². The molecule has 6 nitrogen and oxygen atoms in total. The third kappa shape index (κ3) is 4.66. The highest BCUT2D eigenvalue weighted by atomic mass is 32.1. The van der Waals surface area contributed by atoms with E-state index >= 15 is 0 Å². The van der Waals surface area contributed by atoms with Gasteiger partial charge in [0.2, 0.25) is 5.91 Å². The van der Waals surface area contributed by atoms with Crippen molar-refractivity contribution in [2.45, 2.75) is 6.54 Å². The fourth-order valence-electron chi connectivity index (χ4n) is 2.94. The van der Waals surface area contributed by atoms with Crippen LogP contribution in [0.1, 0.15) is 15.9 Å². The lowest BCUT2D eigenvalue weighted by atomic mass is 10.2. The smallest absolute Gasteiger partial charge is 0.251 e. The number of hydrogen-bond acceptors (Lipinski definition) is 5. The molecule has 1 aromatic heterocycles. The molecule has 3 rings (SSSR count). The molecular weight excluding hydrogens is 355 g/mol. The van der Waals surface area contributed by atoms with E-state index in [4.69, 9.17) is 5.73 Å². The summed E-state index contributed by atoms with van der Waals surface area (Å²) in [5.41, 5.74) is 6.30. The average molecular weight is 376 g/mol. The van der Waals surface area contributed by atoms with Crippen LogP contribution in [0, 0.1) is 5.82 Å². The van der Waals surface area contributed by atoms with Gasteiger partial charge in [-0.2, -0.15) is 0 Å². The molecule has 26 heavy (non-hydrogen) atoms. The Morgan fingerprint density at radius 2 is 1.81 bits per heavy atom. The first-order chi connectivity index (χ1) is 12.5. The van der Waals surface area contributed by atoms with E-state index < -0.39 is 5.91 Å². The van der Waals surface area contributed by atoms with E-state index in [1.165, 1.54) is 17.4 Å². The summed E-state index contributed by atoms with van der Waals surface area (Å²) < 4.78 is 13.7. The molecule has 1 aliphatic heterocycles. The van der Waals surface area contributed by atoms with Crippen LogP contribution in [0.15, 0.2) is 35.7 Å². The van der Waals surface area contributed by atoms with E-state index in [9.17, 15) is 14.0 Å². The van der Waals surface area contributed by atoms with E-state index in [-0.39, 0.29) is 18.3 Å². The number of halogens is 1. The minimum absolute atomic E-state index is 0.169. The van der Waals surface area contributed by atoms with E-state index in [0.717, 1.165) is 26.2 Å². The number of primary amides is 1. The van der Waals surface area contributed by atoms with Gasteiger partial charge in [0.15, 0.2) is 0 Å². The Morgan fingerprint density at radius 3 is 2.50 bits per heavy atom. The summed E-state index contributed by atoms with van der Waals surface area (Å²) in [4.78, 5) is 27.7. The summed E-state index contributed by atoms with van der Waals surface area (Å²) in [6.45, 7) is 3.83. The molecule has 0 radical (unpaired) electrons. The Balaban J connectivity index is 1.46.